The van der Waals surface area contributed by atoms with E-state index in [2.05, 4.69) is 11.4 Å². The molecule has 0 amide bonds. The maximum absolute atomic E-state index is 6.29. The zero-order chi connectivity index (χ0) is 11.8. The Morgan fingerprint density at radius 2 is 2.12 bits per heavy atom. The quantitative estimate of drug-likeness (QED) is 0.881. The Bertz CT molecular complexity index is 567. The van der Waals surface area contributed by atoms with Crippen LogP contribution in [0.15, 0.2) is 30.3 Å². The van der Waals surface area contributed by atoms with Crippen molar-refractivity contribution in [2.45, 2.75) is 12.5 Å². The van der Waals surface area contributed by atoms with Crippen LogP contribution < -0.4 is 10.1 Å². The third-order valence-corrected chi connectivity index (χ3v) is 3.50. The fourth-order valence-electron chi connectivity index (χ4n) is 2.44. The van der Waals surface area contributed by atoms with Gasteiger partial charge in [0.25, 0.3) is 0 Å². The fraction of sp³-hybridized carbons (Fsp3) is 0.286. The first-order valence-corrected chi connectivity index (χ1v) is 6.19. The van der Waals surface area contributed by atoms with Gasteiger partial charge in [0.1, 0.15) is 11.9 Å². The number of hydrogen-bond acceptors (Lipinski definition) is 2. The monoisotopic (exact) mass is 247 g/mol. The maximum Gasteiger partial charge on any atom is 0.131 e. The fourth-order valence-corrected chi connectivity index (χ4v) is 2.74. The van der Waals surface area contributed by atoms with Gasteiger partial charge in [-0.3, -0.25) is 0 Å². The van der Waals surface area contributed by atoms with Crippen molar-refractivity contribution in [1.82, 2.24) is 5.32 Å². The van der Waals surface area contributed by atoms with Gasteiger partial charge in [0.2, 0.25) is 0 Å². The lowest BCUT2D eigenvalue weighted by Gasteiger charge is -2.10. The molecule has 3 rings (SSSR count). The zero-order valence-corrected chi connectivity index (χ0v) is 10.4. The molecule has 1 N–H and O–H groups in total. The number of halogens is 1. The molecule has 0 spiro atoms. The lowest BCUT2D eigenvalue weighted by molar-refractivity contribution is 0.233. The van der Waals surface area contributed by atoms with E-state index in [9.17, 15) is 0 Å². The van der Waals surface area contributed by atoms with Crippen LogP contribution in [0.1, 0.15) is 5.56 Å². The van der Waals surface area contributed by atoms with Crippen LogP contribution in [0.25, 0.3) is 10.8 Å². The molecule has 2 aromatic carbocycles. The summed E-state index contributed by atoms with van der Waals surface area (Å²) in [4.78, 5) is 0. The van der Waals surface area contributed by atoms with Crippen molar-refractivity contribution in [1.29, 1.82) is 0 Å². The van der Waals surface area contributed by atoms with E-state index >= 15 is 0 Å². The molecule has 88 valence electrons. The molecule has 1 atom stereocenters. The van der Waals surface area contributed by atoms with Gasteiger partial charge in [-0.25, -0.2) is 0 Å². The van der Waals surface area contributed by atoms with Crippen LogP contribution in [-0.2, 0) is 6.42 Å². The van der Waals surface area contributed by atoms with Gasteiger partial charge < -0.3 is 10.1 Å². The molecule has 0 bridgehead atoms. The summed E-state index contributed by atoms with van der Waals surface area (Å²) < 4.78 is 5.99. The first-order valence-electron chi connectivity index (χ1n) is 5.81. The predicted octanol–water partition coefficient (Wildman–Crippen LogP) is 3.02. The van der Waals surface area contributed by atoms with Gasteiger partial charge in [0.15, 0.2) is 0 Å². The topological polar surface area (TPSA) is 21.3 Å². The van der Waals surface area contributed by atoms with Crippen LogP contribution in [-0.4, -0.2) is 19.7 Å². The minimum absolute atomic E-state index is 0.219. The van der Waals surface area contributed by atoms with Crippen LogP contribution in [0.3, 0.4) is 0 Å². The highest BCUT2D eigenvalue weighted by molar-refractivity contribution is 6.36. The molecule has 3 heteroatoms. The molecular formula is C14H14ClNO. The Morgan fingerprint density at radius 3 is 2.88 bits per heavy atom. The van der Waals surface area contributed by atoms with Gasteiger partial charge in [-0.05, 0) is 13.1 Å². The normalized spacial score (nSPS) is 18.1. The Kier molecular flexibility index (Phi) is 2.69. The number of nitrogens with one attached hydrogen (secondary N) is 1. The van der Waals surface area contributed by atoms with Crippen LogP contribution in [0, 0.1) is 0 Å². The number of benzene rings is 2. The standard InChI is InChI=1S/C14H14ClNO/c1-16-8-10-6-9-7-13(15)11-4-2-3-5-12(11)14(9)17-10/h2-5,7,10,16H,6,8H2,1H3. The van der Waals surface area contributed by atoms with Crippen molar-refractivity contribution in [3.8, 4) is 5.75 Å². The van der Waals surface area contributed by atoms with Crippen LogP contribution in [0.4, 0.5) is 0 Å². The molecule has 0 aromatic heterocycles. The van der Waals surface area contributed by atoms with E-state index in [1.165, 1.54) is 5.56 Å². The van der Waals surface area contributed by atoms with E-state index in [4.69, 9.17) is 16.3 Å². The van der Waals surface area contributed by atoms with Gasteiger partial charge in [-0.15, -0.1) is 0 Å². The molecule has 0 radical (unpaired) electrons. The number of fused-ring (bicyclic) bond motifs is 3. The second kappa shape index (κ2) is 4.21. The molecular weight excluding hydrogens is 234 g/mol. The lowest BCUT2D eigenvalue weighted by Crippen LogP contribution is -2.27. The summed E-state index contributed by atoms with van der Waals surface area (Å²) in [6.07, 6.45) is 1.15. The average molecular weight is 248 g/mol. The summed E-state index contributed by atoms with van der Waals surface area (Å²) in [6, 6.07) is 10.2. The number of rotatable bonds is 2. The van der Waals surface area contributed by atoms with Gasteiger partial charge in [0, 0.05) is 34.3 Å². The third-order valence-electron chi connectivity index (χ3n) is 3.19. The first kappa shape index (κ1) is 10.9. The van der Waals surface area contributed by atoms with E-state index in [1.807, 2.05) is 31.3 Å². The summed E-state index contributed by atoms with van der Waals surface area (Å²) >= 11 is 6.29. The number of hydrogen-bond donors (Lipinski definition) is 1. The Morgan fingerprint density at radius 1 is 1.35 bits per heavy atom. The summed E-state index contributed by atoms with van der Waals surface area (Å²) in [5.41, 5.74) is 1.22. The van der Waals surface area contributed by atoms with Gasteiger partial charge >= 0.3 is 0 Å². The molecule has 1 aliphatic heterocycles. The Hall–Kier alpha value is -1.25. The summed E-state index contributed by atoms with van der Waals surface area (Å²) in [6.45, 7) is 0.862. The molecule has 2 aromatic rings. The van der Waals surface area contributed by atoms with E-state index in [0.29, 0.717) is 0 Å². The van der Waals surface area contributed by atoms with E-state index in [-0.39, 0.29) is 6.10 Å². The van der Waals surface area contributed by atoms with Crippen molar-refractivity contribution in [2.75, 3.05) is 13.6 Å². The van der Waals surface area contributed by atoms with Gasteiger partial charge in [-0.1, -0.05) is 35.9 Å². The van der Waals surface area contributed by atoms with E-state index in [0.717, 1.165) is 34.5 Å². The minimum atomic E-state index is 0.219. The lowest BCUT2D eigenvalue weighted by atomic mass is 10.0. The summed E-state index contributed by atoms with van der Waals surface area (Å²) in [5.74, 6) is 1.00. The molecule has 0 aliphatic carbocycles. The maximum atomic E-state index is 6.29. The summed E-state index contributed by atoms with van der Waals surface area (Å²) in [7, 11) is 1.94. The van der Waals surface area contributed by atoms with Crippen LogP contribution in [0.5, 0.6) is 5.75 Å². The highest BCUT2D eigenvalue weighted by Gasteiger charge is 2.25. The minimum Gasteiger partial charge on any atom is -0.488 e. The molecule has 0 saturated heterocycles. The molecule has 17 heavy (non-hydrogen) atoms. The Balaban J connectivity index is 2.13. The second-order valence-electron chi connectivity index (χ2n) is 4.39. The average Bonchev–Trinajstić information content (AvgIpc) is 2.73. The molecule has 1 unspecified atom stereocenters. The van der Waals surface area contributed by atoms with Gasteiger partial charge in [0.05, 0.1) is 0 Å². The molecule has 1 aliphatic rings. The summed E-state index contributed by atoms with van der Waals surface area (Å²) in [5, 5.41) is 6.15. The van der Waals surface area contributed by atoms with Crippen molar-refractivity contribution in [2.24, 2.45) is 0 Å². The molecule has 0 fully saturated rings. The smallest absolute Gasteiger partial charge is 0.131 e. The molecule has 1 heterocycles. The number of likely N-dealkylation sites (N-methyl/N-ethyl adjacent to an activating group) is 1. The van der Waals surface area contributed by atoms with Gasteiger partial charge in [-0.2, -0.15) is 0 Å². The SMILES string of the molecule is CNCC1Cc2cc(Cl)c3ccccc3c2O1. The van der Waals surface area contributed by atoms with E-state index in [1.54, 1.807) is 0 Å². The third kappa shape index (κ3) is 1.78. The molecule has 2 nitrogen and oxygen atoms in total. The molecule has 0 saturated carbocycles. The van der Waals surface area contributed by atoms with E-state index < -0.39 is 0 Å². The first-order chi connectivity index (χ1) is 8.29. The van der Waals surface area contributed by atoms with Crippen molar-refractivity contribution >= 4 is 22.4 Å². The van der Waals surface area contributed by atoms with Crippen LogP contribution in [0.2, 0.25) is 5.02 Å². The highest BCUT2D eigenvalue weighted by atomic mass is 35.5. The zero-order valence-electron chi connectivity index (χ0n) is 9.66. The van der Waals surface area contributed by atoms with Crippen molar-refractivity contribution < 1.29 is 4.74 Å². The van der Waals surface area contributed by atoms with Crippen LogP contribution >= 0.6 is 11.6 Å². The highest BCUT2D eigenvalue weighted by Crippen LogP contribution is 2.39. The van der Waals surface area contributed by atoms with Crippen molar-refractivity contribution in [3.63, 3.8) is 0 Å². The second-order valence-corrected chi connectivity index (χ2v) is 4.80. The number of ether oxygens (including phenoxy) is 1. The predicted molar refractivity (Wildman–Crippen MR) is 71.0 cm³/mol. The largest absolute Gasteiger partial charge is 0.488 e. The van der Waals surface area contributed by atoms with Crippen molar-refractivity contribution in [3.05, 3.63) is 40.9 Å². The Labute approximate surface area is 106 Å².